The smallest absolute Gasteiger partial charge is 0.244 e. The first kappa shape index (κ1) is 13.1. The molecule has 0 radical (unpaired) electrons. The van der Waals surface area contributed by atoms with Crippen LogP contribution in [0.3, 0.4) is 0 Å². The summed E-state index contributed by atoms with van der Waals surface area (Å²) in [4.78, 5) is 11.3. The molecule has 1 aromatic carbocycles. The van der Waals surface area contributed by atoms with Gasteiger partial charge < -0.3 is 5.32 Å². The highest BCUT2D eigenvalue weighted by atomic mass is 35.5. The van der Waals surface area contributed by atoms with E-state index in [1.165, 1.54) is 6.08 Å². The maximum Gasteiger partial charge on any atom is 0.244 e. The van der Waals surface area contributed by atoms with E-state index in [0.29, 0.717) is 10.0 Å². The number of amides is 1. The Hall–Kier alpha value is -0.990. The van der Waals surface area contributed by atoms with Crippen molar-refractivity contribution in [1.82, 2.24) is 5.32 Å². The summed E-state index contributed by atoms with van der Waals surface area (Å²) in [5.41, 5.74) is 0.841. The second-order valence-corrected chi connectivity index (χ2v) is 4.48. The van der Waals surface area contributed by atoms with E-state index in [2.05, 4.69) is 5.32 Å². The van der Waals surface area contributed by atoms with E-state index in [1.54, 1.807) is 24.3 Å². The van der Waals surface area contributed by atoms with E-state index in [9.17, 15) is 4.79 Å². The molecule has 0 fully saturated rings. The predicted octanol–water partition coefficient (Wildman–Crippen LogP) is 3.53. The number of hydrogen-bond acceptors (Lipinski definition) is 1. The largest absolute Gasteiger partial charge is 0.350 e. The van der Waals surface area contributed by atoms with Gasteiger partial charge in [-0.3, -0.25) is 4.79 Å². The van der Waals surface area contributed by atoms with Crippen LogP contribution in [-0.2, 0) is 4.79 Å². The SMILES string of the molecule is CC(C)NC(=O)/C=C\c1ccc(Cl)c(Cl)c1. The van der Waals surface area contributed by atoms with Crippen LogP contribution in [0, 0.1) is 0 Å². The molecule has 86 valence electrons. The fourth-order valence-corrected chi connectivity index (χ4v) is 1.43. The normalized spacial score (nSPS) is 11.1. The van der Waals surface area contributed by atoms with E-state index >= 15 is 0 Å². The molecule has 16 heavy (non-hydrogen) atoms. The molecule has 0 aliphatic heterocycles. The Morgan fingerprint density at radius 3 is 2.56 bits per heavy atom. The first-order valence-corrected chi connectivity index (χ1v) is 5.68. The molecule has 0 saturated carbocycles. The fraction of sp³-hybridized carbons (Fsp3) is 0.250. The summed E-state index contributed by atoms with van der Waals surface area (Å²) in [6.07, 6.45) is 3.17. The van der Waals surface area contributed by atoms with Crippen LogP contribution in [0.2, 0.25) is 10.0 Å². The van der Waals surface area contributed by atoms with Gasteiger partial charge in [0.2, 0.25) is 5.91 Å². The zero-order valence-electron chi connectivity index (χ0n) is 9.13. The summed E-state index contributed by atoms with van der Waals surface area (Å²) in [6, 6.07) is 5.34. The van der Waals surface area contributed by atoms with Gasteiger partial charge in [0, 0.05) is 12.1 Å². The maximum atomic E-state index is 11.3. The zero-order valence-corrected chi connectivity index (χ0v) is 10.6. The highest BCUT2D eigenvalue weighted by Gasteiger charge is 1.99. The molecule has 0 atom stereocenters. The lowest BCUT2D eigenvalue weighted by Gasteiger charge is -2.04. The molecular weight excluding hydrogens is 245 g/mol. The van der Waals surface area contributed by atoms with Gasteiger partial charge in [-0.1, -0.05) is 29.3 Å². The van der Waals surface area contributed by atoms with E-state index in [4.69, 9.17) is 23.2 Å². The Labute approximate surface area is 105 Å². The number of rotatable bonds is 3. The number of hydrogen-bond donors (Lipinski definition) is 1. The molecule has 1 aromatic rings. The Kier molecular flexibility index (Phi) is 4.84. The van der Waals surface area contributed by atoms with Gasteiger partial charge in [0.05, 0.1) is 10.0 Å². The van der Waals surface area contributed by atoms with Crippen molar-refractivity contribution in [3.63, 3.8) is 0 Å². The standard InChI is InChI=1S/C12H13Cl2NO/c1-8(2)15-12(16)6-4-9-3-5-10(13)11(14)7-9/h3-8H,1-2H3,(H,15,16)/b6-4-. The molecule has 0 spiro atoms. The van der Waals surface area contributed by atoms with Gasteiger partial charge in [-0.15, -0.1) is 0 Å². The van der Waals surface area contributed by atoms with Gasteiger partial charge in [-0.25, -0.2) is 0 Å². The van der Waals surface area contributed by atoms with Crippen molar-refractivity contribution in [1.29, 1.82) is 0 Å². The third kappa shape index (κ3) is 4.25. The Morgan fingerprint density at radius 1 is 1.31 bits per heavy atom. The second kappa shape index (κ2) is 5.92. The van der Waals surface area contributed by atoms with E-state index in [-0.39, 0.29) is 11.9 Å². The molecule has 0 aliphatic carbocycles. The van der Waals surface area contributed by atoms with Crippen molar-refractivity contribution in [2.75, 3.05) is 0 Å². The Bertz CT molecular complexity index is 413. The van der Waals surface area contributed by atoms with E-state index < -0.39 is 0 Å². The molecule has 0 aliphatic rings. The highest BCUT2D eigenvalue weighted by molar-refractivity contribution is 6.42. The van der Waals surface area contributed by atoms with Gasteiger partial charge in [0.25, 0.3) is 0 Å². The van der Waals surface area contributed by atoms with Crippen LogP contribution in [0.15, 0.2) is 24.3 Å². The van der Waals surface area contributed by atoms with E-state index in [0.717, 1.165) is 5.56 Å². The summed E-state index contributed by atoms with van der Waals surface area (Å²) in [5, 5.41) is 3.74. The van der Waals surface area contributed by atoms with Crippen LogP contribution in [0.1, 0.15) is 19.4 Å². The van der Waals surface area contributed by atoms with Crippen LogP contribution in [-0.4, -0.2) is 11.9 Å². The third-order valence-corrected chi connectivity index (χ3v) is 2.54. The maximum absolute atomic E-state index is 11.3. The van der Waals surface area contributed by atoms with Crippen molar-refractivity contribution in [2.24, 2.45) is 0 Å². The molecular formula is C12H13Cl2NO. The molecule has 0 saturated heterocycles. The molecule has 1 amide bonds. The number of nitrogens with one attached hydrogen (secondary N) is 1. The average Bonchev–Trinajstić information content (AvgIpc) is 2.19. The lowest BCUT2D eigenvalue weighted by molar-refractivity contribution is -0.116. The van der Waals surface area contributed by atoms with Gasteiger partial charge in [0.15, 0.2) is 0 Å². The summed E-state index contributed by atoms with van der Waals surface area (Å²) in [7, 11) is 0. The average molecular weight is 258 g/mol. The van der Waals surface area contributed by atoms with Crippen molar-refractivity contribution in [3.05, 3.63) is 39.9 Å². The topological polar surface area (TPSA) is 29.1 Å². The fourth-order valence-electron chi connectivity index (χ4n) is 1.12. The minimum Gasteiger partial charge on any atom is -0.350 e. The third-order valence-electron chi connectivity index (χ3n) is 1.80. The summed E-state index contributed by atoms with van der Waals surface area (Å²) < 4.78 is 0. The van der Waals surface area contributed by atoms with Crippen molar-refractivity contribution >= 4 is 35.2 Å². The predicted molar refractivity (Wildman–Crippen MR) is 68.8 cm³/mol. The van der Waals surface area contributed by atoms with Gasteiger partial charge >= 0.3 is 0 Å². The number of halogens is 2. The van der Waals surface area contributed by atoms with Gasteiger partial charge in [0.1, 0.15) is 0 Å². The first-order valence-electron chi connectivity index (χ1n) is 4.92. The first-order chi connectivity index (χ1) is 7.49. The number of carbonyl (C=O) groups is 1. The lowest BCUT2D eigenvalue weighted by atomic mass is 10.2. The van der Waals surface area contributed by atoms with Crippen LogP contribution >= 0.6 is 23.2 Å². The highest BCUT2D eigenvalue weighted by Crippen LogP contribution is 2.22. The zero-order chi connectivity index (χ0) is 12.1. The quantitative estimate of drug-likeness (QED) is 0.825. The Balaban J connectivity index is 2.69. The van der Waals surface area contributed by atoms with Gasteiger partial charge in [-0.05, 0) is 37.6 Å². The van der Waals surface area contributed by atoms with Gasteiger partial charge in [-0.2, -0.15) is 0 Å². The van der Waals surface area contributed by atoms with E-state index in [1.807, 2.05) is 13.8 Å². The summed E-state index contributed by atoms with van der Waals surface area (Å²) >= 11 is 11.6. The molecule has 1 N–H and O–H groups in total. The second-order valence-electron chi connectivity index (χ2n) is 3.67. The number of carbonyl (C=O) groups excluding carboxylic acids is 1. The molecule has 0 unspecified atom stereocenters. The van der Waals surface area contributed by atoms with Crippen LogP contribution in [0.25, 0.3) is 6.08 Å². The molecule has 4 heteroatoms. The monoisotopic (exact) mass is 257 g/mol. The minimum absolute atomic E-state index is 0.124. The summed E-state index contributed by atoms with van der Waals surface area (Å²) in [6.45, 7) is 3.82. The van der Waals surface area contributed by atoms with Crippen molar-refractivity contribution in [2.45, 2.75) is 19.9 Å². The lowest BCUT2D eigenvalue weighted by Crippen LogP contribution is -2.28. The summed E-state index contributed by atoms with van der Waals surface area (Å²) in [5.74, 6) is -0.124. The molecule has 1 rings (SSSR count). The number of benzene rings is 1. The van der Waals surface area contributed by atoms with Crippen LogP contribution < -0.4 is 5.32 Å². The van der Waals surface area contributed by atoms with Crippen molar-refractivity contribution in [3.8, 4) is 0 Å². The molecule has 2 nitrogen and oxygen atoms in total. The van der Waals surface area contributed by atoms with Crippen LogP contribution in [0.5, 0.6) is 0 Å². The molecule has 0 heterocycles. The van der Waals surface area contributed by atoms with Crippen LogP contribution in [0.4, 0.5) is 0 Å². The Morgan fingerprint density at radius 2 is 2.00 bits per heavy atom. The molecule has 0 aromatic heterocycles. The molecule has 0 bridgehead atoms. The van der Waals surface area contributed by atoms with Crippen molar-refractivity contribution < 1.29 is 4.79 Å². The minimum atomic E-state index is -0.124.